The SMILES string of the molecule is CC1CNC(C(C)(C)C)CN1Cc1nc(C(C)(C)C)cs1. The average Bonchev–Trinajstić information content (AvgIpc) is 2.79. The van der Waals surface area contributed by atoms with Gasteiger partial charge >= 0.3 is 0 Å². The largest absolute Gasteiger partial charge is 0.311 e. The van der Waals surface area contributed by atoms with Gasteiger partial charge in [-0.3, -0.25) is 4.90 Å². The monoisotopic (exact) mass is 309 g/mol. The van der Waals surface area contributed by atoms with E-state index in [1.54, 1.807) is 0 Å². The van der Waals surface area contributed by atoms with Gasteiger partial charge in [0.1, 0.15) is 5.01 Å². The summed E-state index contributed by atoms with van der Waals surface area (Å²) in [5.41, 5.74) is 1.67. The van der Waals surface area contributed by atoms with Crippen LogP contribution in [0.15, 0.2) is 5.38 Å². The van der Waals surface area contributed by atoms with E-state index in [-0.39, 0.29) is 5.41 Å². The molecule has 120 valence electrons. The summed E-state index contributed by atoms with van der Waals surface area (Å²) in [5.74, 6) is 0. The molecule has 0 spiro atoms. The third-order valence-electron chi connectivity index (χ3n) is 4.40. The molecular weight excluding hydrogens is 278 g/mol. The highest BCUT2D eigenvalue weighted by Gasteiger charge is 2.32. The van der Waals surface area contributed by atoms with Gasteiger partial charge in [0.25, 0.3) is 0 Å². The first-order chi connectivity index (χ1) is 9.57. The molecule has 1 aromatic rings. The first kappa shape index (κ1) is 16.9. The van der Waals surface area contributed by atoms with E-state index in [2.05, 4.69) is 64.1 Å². The van der Waals surface area contributed by atoms with Gasteiger partial charge < -0.3 is 5.32 Å². The van der Waals surface area contributed by atoms with Crippen LogP contribution >= 0.6 is 11.3 Å². The third-order valence-corrected chi connectivity index (χ3v) is 5.24. The zero-order valence-electron chi connectivity index (χ0n) is 14.7. The van der Waals surface area contributed by atoms with E-state index in [4.69, 9.17) is 4.98 Å². The van der Waals surface area contributed by atoms with E-state index < -0.39 is 0 Å². The highest BCUT2D eigenvalue weighted by Crippen LogP contribution is 2.27. The molecule has 1 saturated heterocycles. The van der Waals surface area contributed by atoms with Crippen LogP contribution in [0, 0.1) is 5.41 Å². The second kappa shape index (κ2) is 5.98. The van der Waals surface area contributed by atoms with Gasteiger partial charge in [-0.15, -0.1) is 11.3 Å². The Hall–Kier alpha value is -0.450. The summed E-state index contributed by atoms with van der Waals surface area (Å²) in [7, 11) is 0. The predicted molar refractivity (Wildman–Crippen MR) is 91.9 cm³/mol. The molecule has 2 atom stereocenters. The van der Waals surface area contributed by atoms with Crippen molar-refractivity contribution < 1.29 is 0 Å². The highest BCUT2D eigenvalue weighted by molar-refractivity contribution is 7.09. The number of rotatable bonds is 2. The summed E-state index contributed by atoms with van der Waals surface area (Å²) < 4.78 is 0. The maximum absolute atomic E-state index is 4.85. The van der Waals surface area contributed by atoms with E-state index in [1.165, 1.54) is 10.7 Å². The molecule has 1 aromatic heterocycles. The molecule has 1 N–H and O–H groups in total. The molecule has 3 nitrogen and oxygen atoms in total. The van der Waals surface area contributed by atoms with E-state index in [9.17, 15) is 0 Å². The normalized spacial score (nSPS) is 25.3. The molecule has 0 aliphatic carbocycles. The summed E-state index contributed by atoms with van der Waals surface area (Å²) in [6, 6.07) is 1.13. The minimum Gasteiger partial charge on any atom is -0.311 e. The average molecular weight is 310 g/mol. The second-order valence-electron chi connectivity index (χ2n) is 8.48. The molecule has 4 heteroatoms. The van der Waals surface area contributed by atoms with Crippen LogP contribution in [0.2, 0.25) is 0 Å². The van der Waals surface area contributed by atoms with Crippen molar-refractivity contribution in [2.24, 2.45) is 5.41 Å². The number of nitrogens with one attached hydrogen (secondary N) is 1. The van der Waals surface area contributed by atoms with Crippen LogP contribution < -0.4 is 5.32 Å². The van der Waals surface area contributed by atoms with Gasteiger partial charge in [-0.05, 0) is 12.3 Å². The predicted octanol–water partition coefficient (Wildman–Crippen LogP) is 3.65. The Kier molecular flexibility index (Phi) is 4.81. The topological polar surface area (TPSA) is 28.2 Å². The smallest absolute Gasteiger partial charge is 0.107 e. The zero-order valence-corrected chi connectivity index (χ0v) is 15.5. The van der Waals surface area contributed by atoms with Crippen molar-refractivity contribution in [3.05, 3.63) is 16.1 Å². The van der Waals surface area contributed by atoms with Crippen LogP contribution in [0.3, 0.4) is 0 Å². The fraction of sp³-hybridized carbons (Fsp3) is 0.824. The minimum absolute atomic E-state index is 0.151. The Morgan fingerprint density at radius 1 is 1.29 bits per heavy atom. The molecule has 0 saturated carbocycles. The number of hydrogen-bond donors (Lipinski definition) is 1. The van der Waals surface area contributed by atoms with Gasteiger partial charge in [-0.1, -0.05) is 41.5 Å². The van der Waals surface area contributed by atoms with Crippen molar-refractivity contribution in [3.8, 4) is 0 Å². The number of hydrogen-bond acceptors (Lipinski definition) is 4. The third kappa shape index (κ3) is 4.27. The Morgan fingerprint density at radius 3 is 2.48 bits per heavy atom. The van der Waals surface area contributed by atoms with Gasteiger partial charge in [-0.25, -0.2) is 4.98 Å². The summed E-state index contributed by atoms with van der Waals surface area (Å²) in [4.78, 5) is 7.43. The number of thiazole rings is 1. The lowest BCUT2D eigenvalue weighted by Gasteiger charge is -2.43. The van der Waals surface area contributed by atoms with Crippen molar-refractivity contribution >= 4 is 11.3 Å². The van der Waals surface area contributed by atoms with E-state index in [1.807, 2.05) is 11.3 Å². The molecule has 0 bridgehead atoms. The molecule has 0 radical (unpaired) electrons. The van der Waals surface area contributed by atoms with E-state index >= 15 is 0 Å². The van der Waals surface area contributed by atoms with Crippen LogP contribution in [-0.4, -0.2) is 35.1 Å². The fourth-order valence-corrected chi connectivity index (χ4v) is 3.67. The summed E-state index contributed by atoms with van der Waals surface area (Å²) >= 11 is 1.81. The van der Waals surface area contributed by atoms with Crippen LogP contribution in [-0.2, 0) is 12.0 Å². The van der Waals surface area contributed by atoms with Crippen molar-refractivity contribution in [3.63, 3.8) is 0 Å². The van der Waals surface area contributed by atoms with E-state index in [0.29, 0.717) is 17.5 Å². The number of nitrogens with zero attached hydrogens (tertiary/aromatic N) is 2. The molecule has 2 heterocycles. The highest BCUT2D eigenvalue weighted by atomic mass is 32.1. The van der Waals surface area contributed by atoms with Gasteiger partial charge in [-0.2, -0.15) is 0 Å². The number of piperazine rings is 1. The molecule has 1 fully saturated rings. The first-order valence-corrected chi connectivity index (χ1v) is 8.87. The zero-order chi connectivity index (χ0) is 15.8. The Labute approximate surface area is 134 Å². The quantitative estimate of drug-likeness (QED) is 0.904. The molecule has 0 amide bonds. The van der Waals surface area contributed by atoms with Gasteiger partial charge in [0.05, 0.1) is 12.2 Å². The Bertz CT molecular complexity index is 467. The molecule has 1 aliphatic rings. The van der Waals surface area contributed by atoms with E-state index in [0.717, 1.165) is 19.6 Å². The van der Waals surface area contributed by atoms with Crippen molar-refractivity contribution in [1.29, 1.82) is 0 Å². The lowest BCUT2D eigenvalue weighted by Crippen LogP contribution is -2.59. The number of aromatic nitrogens is 1. The van der Waals surface area contributed by atoms with Gasteiger partial charge in [0.15, 0.2) is 0 Å². The summed E-state index contributed by atoms with van der Waals surface area (Å²) in [6.07, 6.45) is 0. The fourth-order valence-electron chi connectivity index (χ4n) is 2.62. The molecule has 2 rings (SSSR count). The Balaban J connectivity index is 2.05. The van der Waals surface area contributed by atoms with Crippen LogP contribution in [0.5, 0.6) is 0 Å². The first-order valence-electron chi connectivity index (χ1n) is 7.99. The molecule has 21 heavy (non-hydrogen) atoms. The molecule has 2 unspecified atom stereocenters. The van der Waals surface area contributed by atoms with Gasteiger partial charge in [0.2, 0.25) is 0 Å². The van der Waals surface area contributed by atoms with Crippen LogP contribution in [0.4, 0.5) is 0 Å². The minimum atomic E-state index is 0.151. The standard InChI is InChI=1S/C17H31N3S/c1-12-8-18-13(16(2,3)4)9-20(12)10-15-19-14(11-21-15)17(5,6)7/h11-13,18H,8-10H2,1-7H3. The lowest BCUT2D eigenvalue weighted by atomic mass is 9.85. The van der Waals surface area contributed by atoms with Gasteiger partial charge in [0, 0.05) is 36.0 Å². The van der Waals surface area contributed by atoms with Crippen molar-refractivity contribution in [2.45, 2.75) is 72.5 Å². The molecule has 0 aromatic carbocycles. The maximum Gasteiger partial charge on any atom is 0.107 e. The van der Waals surface area contributed by atoms with Crippen LogP contribution in [0.25, 0.3) is 0 Å². The van der Waals surface area contributed by atoms with Crippen LogP contribution in [0.1, 0.15) is 59.2 Å². The Morgan fingerprint density at radius 2 is 1.95 bits per heavy atom. The van der Waals surface area contributed by atoms with Crippen molar-refractivity contribution in [2.75, 3.05) is 13.1 Å². The summed E-state index contributed by atoms with van der Waals surface area (Å²) in [6.45, 7) is 19.1. The second-order valence-corrected chi connectivity index (χ2v) is 9.42. The molecular formula is C17H31N3S. The maximum atomic E-state index is 4.85. The summed E-state index contributed by atoms with van der Waals surface area (Å²) in [5, 5.41) is 7.17. The van der Waals surface area contributed by atoms with Crippen molar-refractivity contribution in [1.82, 2.24) is 15.2 Å². The molecule has 1 aliphatic heterocycles. The lowest BCUT2D eigenvalue weighted by molar-refractivity contribution is 0.0876.